The molecule has 2 unspecified atom stereocenters. The third-order valence-corrected chi connectivity index (χ3v) is 3.44. The Kier molecular flexibility index (Phi) is 4.88. The number of halogens is 1. The van der Waals surface area contributed by atoms with E-state index < -0.39 is 10.3 Å². The molecule has 0 spiro atoms. The van der Waals surface area contributed by atoms with Gasteiger partial charge in [-0.05, 0) is 23.5 Å². The molecule has 0 amide bonds. The Bertz CT molecular complexity index is 478. The summed E-state index contributed by atoms with van der Waals surface area (Å²) in [5.74, 6) is -0.0204. The van der Waals surface area contributed by atoms with Crippen LogP contribution in [0.5, 0.6) is 0 Å². The second-order valence-corrected chi connectivity index (χ2v) is 5.57. The summed E-state index contributed by atoms with van der Waals surface area (Å²) in [7, 11) is -3.89. The molecule has 96 valence electrons. The average molecular weight is 279 g/mol. The highest BCUT2D eigenvalue weighted by Crippen LogP contribution is 2.29. The topological polar surface area (TPSA) is 82.3 Å². The summed E-state index contributed by atoms with van der Waals surface area (Å²) in [4.78, 5) is 3.99. The van der Waals surface area contributed by atoms with Gasteiger partial charge in [0, 0.05) is 17.4 Å². The zero-order valence-electron chi connectivity index (χ0n) is 9.63. The first-order valence-corrected chi connectivity index (χ1v) is 6.92. The molecule has 0 fully saturated rings. The summed E-state index contributed by atoms with van der Waals surface area (Å²) in [6.45, 7) is 3.81. The number of nitrogens with zero attached hydrogens (tertiary/aromatic N) is 1. The van der Waals surface area contributed by atoms with E-state index in [9.17, 15) is 8.42 Å². The molecule has 0 aliphatic rings. The number of aromatic nitrogens is 1. The lowest BCUT2D eigenvalue weighted by molar-refractivity contribution is 0.247. The summed E-state index contributed by atoms with van der Waals surface area (Å²) in [5.41, 5.74) is 0.861. The van der Waals surface area contributed by atoms with Gasteiger partial charge in [-0.15, -0.1) is 0 Å². The van der Waals surface area contributed by atoms with Crippen molar-refractivity contribution in [1.82, 2.24) is 4.98 Å². The third kappa shape index (κ3) is 4.59. The predicted molar refractivity (Wildman–Crippen MR) is 65.9 cm³/mol. The molecular weight excluding hydrogens is 264 g/mol. The van der Waals surface area contributed by atoms with Gasteiger partial charge in [0.15, 0.2) is 0 Å². The van der Waals surface area contributed by atoms with Crippen LogP contribution in [0.3, 0.4) is 0 Å². The molecule has 2 N–H and O–H groups in total. The van der Waals surface area contributed by atoms with Crippen molar-refractivity contribution in [2.75, 3.05) is 6.61 Å². The highest BCUT2D eigenvalue weighted by molar-refractivity contribution is 7.84. The number of rotatable bonds is 5. The minimum absolute atomic E-state index is 0.0191. The molecule has 0 saturated heterocycles. The Morgan fingerprint density at radius 1 is 1.53 bits per heavy atom. The van der Waals surface area contributed by atoms with E-state index in [1.165, 1.54) is 0 Å². The predicted octanol–water partition coefficient (Wildman–Crippen LogP) is 1.69. The van der Waals surface area contributed by atoms with Gasteiger partial charge < -0.3 is 0 Å². The van der Waals surface area contributed by atoms with Crippen LogP contribution in [0.2, 0.25) is 5.02 Å². The largest absolute Gasteiger partial charge is 0.333 e. The van der Waals surface area contributed by atoms with Gasteiger partial charge in [-0.2, -0.15) is 8.42 Å². The maximum atomic E-state index is 10.7. The molecule has 1 aromatic heterocycles. The fourth-order valence-electron chi connectivity index (χ4n) is 1.38. The minimum Gasteiger partial charge on any atom is -0.264 e. The summed E-state index contributed by atoms with van der Waals surface area (Å²) in [6, 6.07) is 1.70. The average Bonchev–Trinajstić information content (AvgIpc) is 2.24. The standard InChI is InChI=1S/C10H15ClN2O3S/c1-7(6-16-17(12,14)15)8(2)9-5-13-4-3-10(9)11/h3-5,7-8H,6H2,1-2H3,(H2,12,14,15). The molecule has 0 aliphatic heterocycles. The molecule has 0 radical (unpaired) electrons. The normalized spacial score (nSPS) is 15.5. The van der Waals surface area contributed by atoms with Gasteiger partial charge in [0.25, 0.3) is 0 Å². The van der Waals surface area contributed by atoms with E-state index in [4.69, 9.17) is 16.7 Å². The zero-order valence-corrected chi connectivity index (χ0v) is 11.2. The number of hydrogen-bond acceptors (Lipinski definition) is 4. The van der Waals surface area contributed by atoms with Crippen molar-refractivity contribution in [3.05, 3.63) is 29.0 Å². The van der Waals surface area contributed by atoms with Gasteiger partial charge in [-0.1, -0.05) is 25.4 Å². The van der Waals surface area contributed by atoms with Crippen molar-refractivity contribution in [1.29, 1.82) is 0 Å². The van der Waals surface area contributed by atoms with Gasteiger partial charge in [0.05, 0.1) is 6.61 Å². The Morgan fingerprint density at radius 3 is 2.71 bits per heavy atom. The van der Waals surface area contributed by atoms with E-state index in [0.717, 1.165) is 5.56 Å². The van der Waals surface area contributed by atoms with Crippen LogP contribution in [0.25, 0.3) is 0 Å². The molecule has 0 bridgehead atoms. The molecule has 0 saturated carbocycles. The van der Waals surface area contributed by atoms with Crippen LogP contribution in [0, 0.1) is 5.92 Å². The van der Waals surface area contributed by atoms with Crippen LogP contribution in [0.1, 0.15) is 25.3 Å². The molecule has 0 aliphatic carbocycles. The maximum absolute atomic E-state index is 10.7. The molecule has 1 aromatic rings. The van der Waals surface area contributed by atoms with Gasteiger partial charge in [0.1, 0.15) is 0 Å². The summed E-state index contributed by atoms with van der Waals surface area (Å²) in [6.07, 6.45) is 3.27. The molecule has 5 nitrogen and oxygen atoms in total. The SMILES string of the molecule is CC(COS(N)(=O)=O)C(C)c1cnccc1Cl. The summed E-state index contributed by atoms with van der Waals surface area (Å²) in [5, 5.41) is 5.37. The highest BCUT2D eigenvalue weighted by atomic mass is 35.5. The summed E-state index contributed by atoms with van der Waals surface area (Å²) < 4.78 is 25.9. The Balaban J connectivity index is 2.70. The third-order valence-electron chi connectivity index (χ3n) is 2.64. The van der Waals surface area contributed by atoms with E-state index >= 15 is 0 Å². The van der Waals surface area contributed by atoms with E-state index in [1.807, 2.05) is 13.8 Å². The first-order valence-electron chi connectivity index (χ1n) is 5.08. The molecule has 1 rings (SSSR count). The molecule has 2 atom stereocenters. The first-order chi connectivity index (χ1) is 7.81. The first kappa shape index (κ1) is 14.4. The van der Waals surface area contributed by atoms with Crippen molar-refractivity contribution in [2.24, 2.45) is 11.1 Å². The highest BCUT2D eigenvalue weighted by Gasteiger charge is 2.19. The fraction of sp³-hybridized carbons (Fsp3) is 0.500. The fourth-order valence-corrected chi connectivity index (χ4v) is 2.06. The van der Waals surface area contributed by atoms with Gasteiger partial charge in [-0.3, -0.25) is 9.17 Å². The Labute approximate surface area is 106 Å². The quantitative estimate of drug-likeness (QED) is 0.888. The molecule has 1 heterocycles. The minimum atomic E-state index is -3.89. The van der Waals surface area contributed by atoms with Crippen LogP contribution in [0.4, 0.5) is 0 Å². The van der Waals surface area contributed by atoms with Crippen LogP contribution < -0.4 is 5.14 Å². The van der Waals surface area contributed by atoms with Crippen molar-refractivity contribution >= 4 is 21.9 Å². The smallest absolute Gasteiger partial charge is 0.264 e. The summed E-state index contributed by atoms with van der Waals surface area (Å²) >= 11 is 6.03. The van der Waals surface area contributed by atoms with Gasteiger partial charge >= 0.3 is 10.3 Å². The van der Waals surface area contributed by atoms with E-state index in [2.05, 4.69) is 9.17 Å². The zero-order chi connectivity index (χ0) is 13.1. The van der Waals surface area contributed by atoms with Crippen molar-refractivity contribution in [3.63, 3.8) is 0 Å². The van der Waals surface area contributed by atoms with Crippen molar-refractivity contribution < 1.29 is 12.6 Å². The number of nitrogens with two attached hydrogens (primary N) is 1. The monoisotopic (exact) mass is 278 g/mol. The second-order valence-electron chi connectivity index (χ2n) is 3.94. The lowest BCUT2D eigenvalue weighted by Crippen LogP contribution is -2.22. The second kappa shape index (κ2) is 5.77. The maximum Gasteiger partial charge on any atom is 0.333 e. The van der Waals surface area contributed by atoms with E-state index in [0.29, 0.717) is 5.02 Å². The van der Waals surface area contributed by atoms with Crippen LogP contribution >= 0.6 is 11.6 Å². The number of pyridine rings is 1. The van der Waals surface area contributed by atoms with Crippen molar-refractivity contribution in [2.45, 2.75) is 19.8 Å². The van der Waals surface area contributed by atoms with Crippen LogP contribution in [-0.2, 0) is 14.5 Å². The van der Waals surface area contributed by atoms with Gasteiger partial charge in [0.2, 0.25) is 0 Å². The van der Waals surface area contributed by atoms with Crippen LogP contribution in [-0.4, -0.2) is 20.0 Å². The lowest BCUT2D eigenvalue weighted by Gasteiger charge is -2.20. The molecule has 7 heteroatoms. The Morgan fingerprint density at radius 2 is 2.18 bits per heavy atom. The van der Waals surface area contributed by atoms with Crippen molar-refractivity contribution in [3.8, 4) is 0 Å². The number of hydrogen-bond donors (Lipinski definition) is 1. The Hall–Kier alpha value is -0.690. The van der Waals surface area contributed by atoms with Gasteiger partial charge in [-0.25, -0.2) is 5.14 Å². The lowest BCUT2D eigenvalue weighted by atomic mass is 9.90. The van der Waals surface area contributed by atoms with E-state index in [-0.39, 0.29) is 18.4 Å². The van der Waals surface area contributed by atoms with E-state index in [1.54, 1.807) is 18.5 Å². The van der Waals surface area contributed by atoms with Crippen LogP contribution in [0.15, 0.2) is 18.5 Å². The molecule has 0 aromatic carbocycles. The molecule has 17 heavy (non-hydrogen) atoms. The molecular formula is C10H15ClN2O3S.